The smallest absolute Gasteiger partial charge is 0.371 e. The topological polar surface area (TPSA) is 12.5 Å². The van der Waals surface area contributed by atoms with Gasteiger partial charge in [0.25, 0.3) is 0 Å². The number of nitrogens with zero attached hydrogens (tertiary/aromatic N) is 1. The second-order valence-corrected chi connectivity index (χ2v) is 7.41. The Balaban J connectivity index is 1.43. The predicted octanol–water partition coefficient (Wildman–Crippen LogP) is 5.83. The number of alkyl halides is 3. The number of rotatable bonds is 6. The van der Waals surface area contributed by atoms with Crippen LogP contribution in [0.15, 0.2) is 78.9 Å². The van der Waals surface area contributed by atoms with Crippen LogP contribution in [0.3, 0.4) is 0 Å². The van der Waals surface area contributed by atoms with E-state index in [0.717, 1.165) is 23.3 Å². The van der Waals surface area contributed by atoms with Gasteiger partial charge in [0, 0.05) is 13.1 Å². The molecule has 3 aromatic rings. The van der Waals surface area contributed by atoms with Crippen molar-refractivity contribution in [2.45, 2.75) is 24.9 Å². The Bertz CT molecular complexity index is 930. The van der Waals surface area contributed by atoms with Gasteiger partial charge < -0.3 is 4.74 Å². The lowest BCUT2D eigenvalue weighted by molar-refractivity contribution is -0.140. The van der Waals surface area contributed by atoms with Crippen molar-refractivity contribution in [3.8, 4) is 0 Å². The summed E-state index contributed by atoms with van der Waals surface area (Å²) < 4.78 is 58.5. The van der Waals surface area contributed by atoms with Crippen molar-refractivity contribution in [2.24, 2.45) is 0 Å². The lowest BCUT2D eigenvalue weighted by Crippen LogP contribution is -2.53. The first-order valence-electron chi connectivity index (χ1n) is 9.73. The molecule has 0 bridgehead atoms. The largest absolute Gasteiger partial charge is 0.416 e. The summed E-state index contributed by atoms with van der Waals surface area (Å²) in [6, 6.07) is 22.9. The van der Waals surface area contributed by atoms with Crippen molar-refractivity contribution < 1.29 is 22.3 Å². The van der Waals surface area contributed by atoms with E-state index in [1.54, 1.807) is 0 Å². The van der Waals surface area contributed by atoms with E-state index in [1.165, 1.54) is 0 Å². The van der Waals surface area contributed by atoms with Gasteiger partial charge in [-0.15, -0.1) is 0 Å². The summed E-state index contributed by atoms with van der Waals surface area (Å²) in [4.78, 5) is 2.24. The summed E-state index contributed by atoms with van der Waals surface area (Å²) in [5.74, 6) is -0.908. The molecular formula is C24H21F4NO. The minimum Gasteiger partial charge on any atom is -0.371 e. The van der Waals surface area contributed by atoms with Gasteiger partial charge in [0.15, 0.2) is 0 Å². The molecule has 0 saturated carbocycles. The number of likely N-dealkylation sites (tertiary alicyclic amines) is 1. The van der Waals surface area contributed by atoms with Gasteiger partial charge in [0.2, 0.25) is 0 Å². The third-order valence-electron chi connectivity index (χ3n) is 5.32. The maximum atomic E-state index is 13.3. The van der Waals surface area contributed by atoms with Crippen molar-refractivity contribution in [2.75, 3.05) is 13.1 Å². The Morgan fingerprint density at radius 1 is 0.867 bits per heavy atom. The number of ether oxygens (including phenoxy) is 1. The van der Waals surface area contributed by atoms with E-state index in [0.29, 0.717) is 19.2 Å². The van der Waals surface area contributed by atoms with Crippen molar-refractivity contribution in [1.29, 1.82) is 0 Å². The highest BCUT2D eigenvalue weighted by atomic mass is 19.4. The number of hydrogen-bond donors (Lipinski definition) is 0. The summed E-state index contributed by atoms with van der Waals surface area (Å²) in [7, 11) is 0. The normalized spacial score (nSPS) is 15.4. The SMILES string of the molecule is Fc1ccc(COC2CN(C(c3ccccc3)c3ccccc3)C2)c(C(F)(F)F)c1. The van der Waals surface area contributed by atoms with Crippen LogP contribution in [0.1, 0.15) is 28.3 Å². The summed E-state index contributed by atoms with van der Waals surface area (Å²) >= 11 is 0. The molecule has 1 aliphatic heterocycles. The monoisotopic (exact) mass is 415 g/mol. The van der Waals surface area contributed by atoms with E-state index in [9.17, 15) is 17.6 Å². The van der Waals surface area contributed by atoms with E-state index >= 15 is 0 Å². The highest BCUT2D eigenvalue weighted by Crippen LogP contribution is 2.35. The van der Waals surface area contributed by atoms with Crippen molar-refractivity contribution in [1.82, 2.24) is 4.90 Å². The zero-order chi connectivity index (χ0) is 21.1. The first-order chi connectivity index (χ1) is 14.4. The molecule has 0 aliphatic carbocycles. The number of hydrogen-bond acceptors (Lipinski definition) is 2. The van der Waals surface area contributed by atoms with Crippen LogP contribution in [0.5, 0.6) is 0 Å². The van der Waals surface area contributed by atoms with Crippen LogP contribution in [0.4, 0.5) is 17.6 Å². The zero-order valence-electron chi connectivity index (χ0n) is 16.1. The molecule has 1 saturated heterocycles. The first-order valence-corrected chi connectivity index (χ1v) is 9.73. The fraction of sp³-hybridized carbons (Fsp3) is 0.250. The van der Waals surface area contributed by atoms with E-state index in [-0.39, 0.29) is 24.3 Å². The Morgan fingerprint density at radius 2 is 1.43 bits per heavy atom. The van der Waals surface area contributed by atoms with E-state index in [2.05, 4.69) is 29.2 Å². The maximum absolute atomic E-state index is 13.3. The molecule has 6 heteroatoms. The average Bonchev–Trinajstić information content (AvgIpc) is 2.71. The fourth-order valence-corrected chi connectivity index (χ4v) is 3.82. The minimum absolute atomic E-state index is 0.0509. The molecule has 0 N–H and O–H groups in total. The number of halogens is 4. The van der Waals surface area contributed by atoms with E-state index in [4.69, 9.17) is 4.74 Å². The van der Waals surface area contributed by atoms with Crippen LogP contribution in [0, 0.1) is 5.82 Å². The summed E-state index contributed by atoms with van der Waals surface area (Å²) in [6.07, 6.45) is -4.79. The maximum Gasteiger partial charge on any atom is 0.416 e. The molecule has 0 spiro atoms. The van der Waals surface area contributed by atoms with Gasteiger partial charge in [0.05, 0.1) is 24.3 Å². The van der Waals surface area contributed by atoms with Gasteiger partial charge >= 0.3 is 6.18 Å². The van der Waals surface area contributed by atoms with Gasteiger partial charge in [-0.3, -0.25) is 4.90 Å². The lowest BCUT2D eigenvalue weighted by Gasteiger charge is -2.44. The van der Waals surface area contributed by atoms with Crippen LogP contribution < -0.4 is 0 Å². The van der Waals surface area contributed by atoms with Gasteiger partial charge in [-0.1, -0.05) is 66.7 Å². The molecule has 1 aliphatic rings. The van der Waals surface area contributed by atoms with Gasteiger partial charge in [0.1, 0.15) is 5.82 Å². The molecule has 1 fully saturated rings. The quantitative estimate of drug-likeness (QED) is 0.470. The molecular weight excluding hydrogens is 394 g/mol. The minimum atomic E-state index is -4.61. The Morgan fingerprint density at radius 3 is 1.97 bits per heavy atom. The summed E-state index contributed by atoms with van der Waals surface area (Å²) in [5.41, 5.74) is 1.27. The molecule has 0 unspecified atom stereocenters. The molecule has 0 aromatic heterocycles. The highest BCUT2D eigenvalue weighted by molar-refractivity contribution is 5.33. The average molecular weight is 415 g/mol. The van der Waals surface area contributed by atoms with Crippen molar-refractivity contribution in [3.63, 3.8) is 0 Å². The van der Waals surface area contributed by atoms with Gasteiger partial charge in [-0.25, -0.2) is 4.39 Å². The second-order valence-electron chi connectivity index (χ2n) is 7.41. The second kappa shape index (κ2) is 8.58. The number of benzene rings is 3. The van der Waals surface area contributed by atoms with Gasteiger partial charge in [-0.05, 0) is 28.8 Å². The molecule has 0 atom stereocenters. The molecule has 1 heterocycles. The third-order valence-corrected chi connectivity index (χ3v) is 5.32. The van der Waals surface area contributed by atoms with Crippen LogP contribution in [0.2, 0.25) is 0 Å². The highest BCUT2D eigenvalue weighted by Gasteiger charge is 2.36. The molecule has 0 amide bonds. The molecule has 3 aromatic carbocycles. The van der Waals surface area contributed by atoms with Gasteiger partial charge in [-0.2, -0.15) is 13.2 Å². The molecule has 2 nitrogen and oxygen atoms in total. The fourth-order valence-electron chi connectivity index (χ4n) is 3.82. The van der Waals surface area contributed by atoms with Crippen molar-refractivity contribution >= 4 is 0 Å². The van der Waals surface area contributed by atoms with E-state index < -0.39 is 17.6 Å². The standard InChI is InChI=1S/C24H21F4NO/c25-20-12-11-19(22(13-20)24(26,27)28)16-30-21-14-29(15-21)23(17-7-3-1-4-8-17)18-9-5-2-6-10-18/h1-13,21,23H,14-16H2. The third kappa shape index (κ3) is 4.55. The molecule has 0 radical (unpaired) electrons. The molecule has 30 heavy (non-hydrogen) atoms. The molecule has 156 valence electrons. The zero-order valence-corrected chi connectivity index (χ0v) is 16.1. The Kier molecular flexibility index (Phi) is 5.88. The van der Waals surface area contributed by atoms with E-state index in [1.807, 2.05) is 36.4 Å². The van der Waals surface area contributed by atoms with Crippen molar-refractivity contribution in [3.05, 3.63) is 107 Å². The molecule has 4 rings (SSSR count). The lowest BCUT2D eigenvalue weighted by atomic mass is 9.94. The van der Waals surface area contributed by atoms with Crippen LogP contribution in [-0.4, -0.2) is 24.1 Å². The summed E-state index contributed by atoms with van der Waals surface area (Å²) in [6.45, 7) is 1.02. The Hall–Kier alpha value is -2.70. The van der Waals surface area contributed by atoms with Crippen LogP contribution in [-0.2, 0) is 17.5 Å². The summed E-state index contributed by atoms with van der Waals surface area (Å²) in [5, 5.41) is 0. The van der Waals surface area contributed by atoms with Crippen LogP contribution in [0.25, 0.3) is 0 Å². The van der Waals surface area contributed by atoms with Crippen LogP contribution >= 0.6 is 0 Å². The first kappa shape index (κ1) is 20.6. The Labute approximate surface area is 172 Å². The predicted molar refractivity (Wildman–Crippen MR) is 106 cm³/mol.